The minimum absolute atomic E-state index is 0.649. The molecular weight excluding hydrogens is 230 g/mol. The van der Waals surface area contributed by atoms with E-state index < -0.39 is 0 Å². The predicted octanol–water partition coefficient (Wildman–Crippen LogP) is 5.30. The van der Waals surface area contributed by atoms with E-state index in [9.17, 15) is 0 Å². The first-order valence-corrected chi connectivity index (χ1v) is 8.94. The molecule has 0 bridgehead atoms. The largest absolute Gasteiger partial charge is 0.313 e. The van der Waals surface area contributed by atoms with Gasteiger partial charge in [-0.15, -0.1) is 0 Å². The smallest absolute Gasteiger partial charge is 0.00672 e. The van der Waals surface area contributed by atoms with Crippen LogP contribution in [0.15, 0.2) is 0 Å². The van der Waals surface area contributed by atoms with Crippen molar-refractivity contribution in [3.63, 3.8) is 0 Å². The zero-order chi connectivity index (χ0) is 13.6. The minimum Gasteiger partial charge on any atom is -0.313 e. The van der Waals surface area contributed by atoms with Gasteiger partial charge in [0.2, 0.25) is 0 Å². The predicted molar refractivity (Wildman–Crippen MR) is 84.5 cm³/mol. The molecule has 2 aliphatic carbocycles. The van der Waals surface area contributed by atoms with Crippen molar-refractivity contribution in [1.29, 1.82) is 0 Å². The molecule has 0 amide bonds. The average molecular weight is 265 g/mol. The first kappa shape index (κ1) is 15.4. The summed E-state index contributed by atoms with van der Waals surface area (Å²) in [6.45, 7) is 6.10. The van der Waals surface area contributed by atoms with Crippen LogP contribution < -0.4 is 5.32 Å². The van der Waals surface area contributed by atoms with Crippen LogP contribution in [-0.2, 0) is 0 Å². The van der Waals surface area contributed by atoms with Crippen molar-refractivity contribution >= 4 is 0 Å². The van der Waals surface area contributed by atoms with Crippen LogP contribution in [0.3, 0.4) is 0 Å². The molecular formula is C18H35N. The Kier molecular flexibility index (Phi) is 6.19. The van der Waals surface area contributed by atoms with Gasteiger partial charge in [0.05, 0.1) is 0 Å². The second kappa shape index (κ2) is 7.67. The zero-order valence-electron chi connectivity index (χ0n) is 13.3. The fraction of sp³-hybridized carbons (Fsp3) is 1.00. The molecule has 0 saturated heterocycles. The van der Waals surface area contributed by atoms with Gasteiger partial charge in [-0.25, -0.2) is 0 Å². The summed E-state index contributed by atoms with van der Waals surface area (Å²) >= 11 is 0. The second-order valence-corrected chi connectivity index (χ2v) is 7.73. The highest BCUT2D eigenvalue weighted by Gasteiger charge is 2.34. The summed E-state index contributed by atoms with van der Waals surface area (Å²) in [5.74, 6) is 0.859. The molecule has 0 aliphatic heterocycles. The summed E-state index contributed by atoms with van der Waals surface area (Å²) in [5.41, 5.74) is 0.649. The van der Waals surface area contributed by atoms with Gasteiger partial charge in [-0.3, -0.25) is 0 Å². The van der Waals surface area contributed by atoms with Gasteiger partial charge in [0.1, 0.15) is 0 Å². The summed E-state index contributed by atoms with van der Waals surface area (Å²) in [5, 5.41) is 3.98. The number of nitrogens with one attached hydrogen (secondary N) is 1. The Morgan fingerprint density at radius 2 is 1.47 bits per heavy atom. The molecule has 0 radical (unpaired) electrons. The molecule has 1 nitrogen and oxygen atoms in total. The molecule has 0 heterocycles. The van der Waals surface area contributed by atoms with Gasteiger partial charge in [-0.1, -0.05) is 58.8 Å². The van der Waals surface area contributed by atoms with Crippen LogP contribution in [0.4, 0.5) is 0 Å². The van der Waals surface area contributed by atoms with Crippen molar-refractivity contribution in [2.75, 3.05) is 6.54 Å². The maximum absolute atomic E-state index is 3.98. The van der Waals surface area contributed by atoms with Crippen molar-refractivity contribution in [3.8, 4) is 0 Å². The van der Waals surface area contributed by atoms with Crippen molar-refractivity contribution in [3.05, 3.63) is 0 Å². The molecule has 0 atom stereocenters. The Morgan fingerprint density at radius 3 is 2.05 bits per heavy atom. The lowest BCUT2D eigenvalue weighted by atomic mass is 9.78. The van der Waals surface area contributed by atoms with Gasteiger partial charge in [-0.2, -0.15) is 0 Å². The third-order valence-corrected chi connectivity index (χ3v) is 5.38. The second-order valence-electron chi connectivity index (χ2n) is 7.73. The highest BCUT2D eigenvalue weighted by atomic mass is 14.9. The van der Waals surface area contributed by atoms with Crippen LogP contribution in [0, 0.1) is 11.3 Å². The number of rotatable bonds is 5. The average Bonchev–Trinajstić information content (AvgIpc) is 2.75. The molecule has 1 N–H and O–H groups in total. The summed E-state index contributed by atoms with van der Waals surface area (Å²) in [6, 6.07) is 0.824. The van der Waals surface area contributed by atoms with Crippen LogP contribution in [0.25, 0.3) is 0 Å². The molecule has 0 aromatic carbocycles. The van der Waals surface area contributed by atoms with Crippen molar-refractivity contribution in [2.45, 2.75) is 96.9 Å². The van der Waals surface area contributed by atoms with Gasteiger partial charge in [-0.05, 0) is 43.4 Å². The third-order valence-electron chi connectivity index (χ3n) is 5.38. The fourth-order valence-electron chi connectivity index (χ4n) is 4.47. The van der Waals surface area contributed by atoms with Gasteiger partial charge in [0, 0.05) is 12.6 Å². The standard InChI is InChI=1S/C18H35N/c1-16(2)14-18(12-8-9-13-18)15-19-17-10-6-4-3-5-7-11-17/h16-17,19H,3-15H2,1-2H3. The first-order valence-electron chi connectivity index (χ1n) is 8.94. The maximum Gasteiger partial charge on any atom is 0.00672 e. The van der Waals surface area contributed by atoms with E-state index in [-0.39, 0.29) is 0 Å². The van der Waals surface area contributed by atoms with E-state index in [1.807, 2.05) is 0 Å². The minimum atomic E-state index is 0.649. The normalized spacial score (nSPS) is 25.4. The van der Waals surface area contributed by atoms with E-state index >= 15 is 0 Å². The Hall–Kier alpha value is -0.0400. The Balaban J connectivity index is 1.80. The van der Waals surface area contributed by atoms with Crippen molar-refractivity contribution < 1.29 is 0 Å². The Labute approximate surface area is 120 Å². The van der Waals surface area contributed by atoms with Crippen molar-refractivity contribution in [1.82, 2.24) is 5.32 Å². The van der Waals surface area contributed by atoms with Gasteiger partial charge in [0.25, 0.3) is 0 Å². The molecule has 2 saturated carbocycles. The molecule has 2 fully saturated rings. The lowest BCUT2D eigenvalue weighted by molar-refractivity contribution is 0.208. The van der Waals surface area contributed by atoms with Crippen LogP contribution in [0.2, 0.25) is 0 Å². The molecule has 2 rings (SSSR count). The highest BCUT2D eigenvalue weighted by Crippen LogP contribution is 2.42. The molecule has 2 aliphatic rings. The summed E-state index contributed by atoms with van der Waals surface area (Å²) in [7, 11) is 0. The van der Waals surface area contributed by atoms with E-state index in [0.717, 1.165) is 12.0 Å². The molecule has 0 aromatic rings. The highest BCUT2D eigenvalue weighted by molar-refractivity contribution is 4.88. The van der Waals surface area contributed by atoms with E-state index in [4.69, 9.17) is 0 Å². The molecule has 19 heavy (non-hydrogen) atoms. The van der Waals surface area contributed by atoms with E-state index in [2.05, 4.69) is 19.2 Å². The van der Waals surface area contributed by atoms with E-state index in [0.29, 0.717) is 5.41 Å². The molecule has 0 unspecified atom stereocenters. The summed E-state index contributed by atoms with van der Waals surface area (Å²) < 4.78 is 0. The van der Waals surface area contributed by atoms with Gasteiger partial charge < -0.3 is 5.32 Å². The van der Waals surface area contributed by atoms with Crippen LogP contribution in [0.5, 0.6) is 0 Å². The molecule has 112 valence electrons. The molecule has 1 heteroatoms. The number of hydrogen-bond donors (Lipinski definition) is 1. The monoisotopic (exact) mass is 265 g/mol. The van der Waals surface area contributed by atoms with Gasteiger partial charge >= 0.3 is 0 Å². The SMILES string of the molecule is CC(C)CC1(CNC2CCCCCCC2)CCCC1. The van der Waals surface area contributed by atoms with Crippen molar-refractivity contribution in [2.24, 2.45) is 11.3 Å². The lowest BCUT2D eigenvalue weighted by Crippen LogP contribution is -2.39. The Morgan fingerprint density at radius 1 is 0.895 bits per heavy atom. The van der Waals surface area contributed by atoms with E-state index in [1.54, 1.807) is 0 Å². The summed E-state index contributed by atoms with van der Waals surface area (Å²) in [6.07, 6.45) is 17.5. The molecule has 0 aromatic heterocycles. The fourth-order valence-corrected chi connectivity index (χ4v) is 4.47. The maximum atomic E-state index is 3.98. The third kappa shape index (κ3) is 5.10. The lowest BCUT2D eigenvalue weighted by Gasteiger charge is -2.34. The van der Waals surface area contributed by atoms with Crippen LogP contribution >= 0.6 is 0 Å². The zero-order valence-corrected chi connectivity index (χ0v) is 13.3. The first-order chi connectivity index (χ1) is 9.20. The number of hydrogen-bond acceptors (Lipinski definition) is 1. The topological polar surface area (TPSA) is 12.0 Å². The summed E-state index contributed by atoms with van der Waals surface area (Å²) in [4.78, 5) is 0. The van der Waals surface area contributed by atoms with Crippen LogP contribution in [0.1, 0.15) is 90.9 Å². The van der Waals surface area contributed by atoms with Gasteiger partial charge in [0.15, 0.2) is 0 Å². The molecule has 0 spiro atoms. The van der Waals surface area contributed by atoms with Crippen LogP contribution in [-0.4, -0.2) is 12.6 Å². The quantitative estimate of drug-likeness (QED) is 0.711. The van der Waals surface area contributed by atoms with E-state index in [1.165, 1.54) is 83.6 Å². The Bertz CT molecular complexity index is 232.